The van der Waals surface area contributed by atoms with Crippen molar-refractivity contribution in [2.75, 3.05) is 13.2 Å². The molecule has 0 aliphatic carbocycles. The number of nitrogens with one attached hydrogen (secondary N) is 1. The third kappa shape index (κ3) is 3.15. The topological polar surface area (TPSA) is 63.0 Å². The average Bonchev–Trinajstić information content (AvgIpc) is 2.77. The van der Waals surface area contributed by atoms with Gasteiger partial charge >= 0.3 is 0 Å². The van der Waals surface area contributed by atoms with Crippen molar-refractivity contribution in [3.63, 3.8) is 0 Å². The van der Waals surface area contributed by atoms with Gasteiger partial charge in [0.15, 0.2) is 0 Å². The number of aryl methyl sites for hydroxylation is 1. The minimum atomic E-state index is 0.219. The van der Waals surface area contributed by atoms with Crippen LogP contribution < -0.4 is 5.32 Å². The molecule has 0 radical (unpaired) electrons. The number of aromatic nitrogens is 3. The zero-order chi connectivity index (χ0) is 12.8. The van der Waals surface area contributed by atoms with E-state index in [0.717, 1.165) is 36.3 Å². The second-order valence-electron chi connectivity index (χ2n) is 4.17. The lowest BCUT2D eigenvalue weighted by Crippen LogP contribution is -2.15. The molecule has 5 nitrogen and oxygen atoms in total. The van der Waals surface area contributed by atoms with Gasteiger partial charge in [0.1, 0.15) is 0 Å². The van der Waals surface area contributed by atoms with Crippen molar-refractivity contribution in [2.45, 2.75) is 13.0 Å². The van der Waals surface area contributed by atoms with Crippen LogP contribution in [-0.4, -0.2) is 33.0 Å². The third-order valence-corrected chi connectivity index (χ3v) is 2.69. The van der Waals surface area contributed by atoms with Crippen LogP contribution in [0.1, 0.15) is 12.0 Å². The van der Waals surface area contributed by atoms with Gasteiger partial charge in [-0.25, -0.2) is 0 Å². The molecule has 0 aromatic carbocycles. The summed E-state index contributed by atoms with van der Waals surface area (Å²) in [6.45, 7) is 1.78. The van der Waals surface area contributed by atoms with Gasteiger partial charge < -0.3 is 10.4 Å². The first-order chi connectivity index (χ1) is 8.81. The van der Waals surface area contributed by atoms with Crippen LogP contribution in [0.15, 0.2) is 30.7 Å². The molecule has 2 aromatic rings. The molecule has 2 N–H and O–H groups in total. The predicted molar refractivity (Wildman–Crippen MR) is 69.8 cm³/mol. The molecule has 96 valence electrons. The number of aliphatic hydroxyl groups excluding tert-OH is 1. The molecule has 2 rings (SSSR count). The van der Waals surface area contributed by atoms with Gasteiger partial charge in [-0.05, 0) is 25.1 Å². The van der Waals surface area contributed by atoms with E-state index in [1.54, 1.807) is 12.4 Å². The predicted octanol–water partition coefficient (Wildman–Crippen LogP) is 0.954. The molecule has 0 saturated carbocycles. The van der Waals surface area contributed by atoms with Crippen LogP contribution in [0.3, 0.4) is 0 Å². The summed E-state index contributed by atoms with van der Waals surface area (Å²) in [5, 5.41) is 16.5. The summed E-state index contributed by atoms with van der Waals surface area (Å²) in [7, 11) is 1.92. The van der Waals surface area contributed by atoms with Crippen LogP contribution in [0.4, 0.5) is 0 Å². The first-order valence-electron chi connectivity index (χ1n) is 6.05. The Kier molecular flexibility index (Phi) is 4.44. The van der Waals surface area contributed by atoms with E-state index < -0.39 is 0 Å². The lowest BCUT2D eigenvalue weighted by Gasteiger charge is -2.04. The summed E-state index contributed by atoms with van der Waals surface area (Å²) in [5.74, 6) is 0. The zero-order valence-electron chi connectivity index (χ0n) is 10.5. The van der Waals surface area contributed by atoms with Gasteiger partial charge in [-0.1, -0.05) is 0 Å². The SMILES string of the molecule is Cn1cc(CNCCCO)c(-c2ccncc2)n1. The van der Waals surface area contributed by atoms with E-state index in [1.165, 1.54) is 0 Å². The van der Waals surface area contributed by atoms with Crippen molar-refractivity contribution in [3.05, 3.63) is 36.3 Å². The molecule has 5 heteroatoms. The zero-order valence-corrected chi connectivity index (χ0v) is 10.5. The second kappa shape index (κ2) is 6.28. The maximum absolute atomic E-state index is 8.74. The number of pyridine rings is 1. The van der Waals surface area contributed by atoms with Crippen LogP contribution in [0.25, 0.3) is 11.3 Å². The molecule has 0 aliphatic rings. The summed E-state index contributed by atoms with van der Waals surface area (Å²) in [4.78, 5) is 4.02. The summed E-state index contributed by atoms with van der Waals surface area (Å²) >= 11 is 0. The van der Waals surface area contributed by atoms with Crippen LogP contribution in [0.2, 0.25) is 0 Å². The Morgan fingerprint density at radius 3 is 2.83 bits per heavy atom. The third-order valence-electron chi connectivity index (χ3n) is 2.69. The fourth-order valence-electron chi connectivity index (χ4n) is 1.85. The number of rotatable bonds is 6. The molecule has 0 unspecified atom stereocenters. The number of hydrogen-bond acceptors (Lipinski definition) is 4. The quantitative estimate of drug-likeness (QED) is 0.745. The summed E-state index contributed by atoms with van der Waals surface area (Å²) in [5.41, 5.74) is 3.21. The first kappa shape index (κ1) is 12.7. The van der Waals surface area contributed by atoms with Crippen LogP contribution >= 0.6 is 0 Å². The summed E-state index contributed by atoms with van der Waals surface area (Å²) < 4.78 is 1.82. The maximum atomic E-state index is 8.74. The van der Waals surface area contributed by atoms with Gasteiger partial charge in [-0.15, -0.1) is 0 Å². The van der Waals surface area contributed by atoms with Crippen molar-refractivity contribution in [3.8, 4) is 11.3 Å². The fraction of sp³-hybridized carbons (Fsp3) is 0.385. The van der Waals surface area contributed by atoms with Crippen molar-refractivity contribution in [1.29, 1.82) is 0 Å². The Balaban J connectivity index is 2.11. The van der Waals surface area contributed by atoms with Crippen molar-refractivity contribution in [1.82, 2.24) is 20.1 Å². The van der Waals surface area contributed by atoms with Crippen molar-refractivity contribution >= 4 is 0 Å². The lowest BCUT2D eigenvalue weighted by molar-refractivity contribution is 0.286. The molecule has 2 heterocycles. The fourth-order valence-corrected chi connectivity index (χ4v) is 1.85. The van der Waals surface area contributed by atoms with Gasteiger partial charge in [-0.3, -0.25) is 9.67 Å². The lowest BCUT2D eigenvalue weighted by atomic mass is 10.1. The molecular formula is C13H18N4O. The molecule has 0 bridgehead atoms. The van der Waals surface area contributed by atoms with Gasteiger partial charge in [0, 0.05) is 49.9 Å². The minimum Gasteiger partial charge on any atom is -0.396 e. The molecule has 0 aliphatic heterocycles. The standard InChI is InChI=1S/C13H18N4O/c1-17-10-12(9-15-5-2-8-18)13(16-17)11-3-6-14-7-4-11/h3-4,6-7,10,15,18H,2,5,8-9H2,1H3. The van der Waals surface area contributed by atoms with E-state index in [4.69, 9.17) is 5.11 Å². The highest BCUT2D eigenvalue weighted by Crippen LogP contribution is 2.20. The highest BCUT2D eigenvalue weighted by atomic mass is 16.3. The average molecular weight is 246 g/mol. The van der Waals surface area contributed by atoms with Crippen molar-refractivity contribution in [2.24, 2.45) is 7.05 Å². The van der Waals surface area contributed by atoms with E-state index in [2.05, 4.69) is 15.4 Å². The minimum absolute atomic E-state index is 0.219. The summed E-state index contributed by atoms with van der Waals surface area (Å²) in [6.07, 6.45) is 6.33. The highest BCUT2D eigenvalue weighted by Gasteiger charge is 2.09. The Labute approximate surface area is 106 Å². The Morgan fingerprint density at radius 2 is 2.11 bits per heavy atom. The van der Waals surface area contributed by atoms with Crippen LogP contribution in [0, 0.1) is 0 Å². The molecule has 0 amide bonds. The normalized spacial score (nSPS) is 10.8. The van der Waals surface area contributed by atoms with E-state index in [0.29, 0.717) is 0 Å². The van der Waals surface area contributed by atoms with E-state index >= 15 is 0 Å². The first-order valence-corrected chi connectivity index (χ1v) is 6.05. The Bertz CT molecular complexity index is 481. The van der Waals surface area contributed by atoms with E-state index in [-0.39, 0.29) is 6.61 Å². The van der Waals surface area contributed by atoms with Gasteiger partial charge in [-0.2, -0.15) is 5.10 Å². The molecule has 0 saturated heterocycles. The second-order valence-corrected chi connectivity index (χ2v) is 4.17. The molecule has 18 heavy (non-hydrogen) atoms. The van der Waals surface area contributed by atoms with Crippen molar-refractivity contribution < 1.29 is 5.11 Å². The molecular weight excluding hydrogens is 228 g/mol. The molecule has 0 atom stereocenters. The molecule has 0 spiro atoms. The number of hydrogen-bond donors (Lipinski definition) is 2. The van der Waals surface area contributed by atoms with E-state index in [1.807, 2.05) is 30.1 Å². The largest absolute Gasteiger partial charge is 0.396 e. The monoisotopic (exact) mass is 246 g/mol. The van der Waals surface area contributed by atoms with Crippen LogP contribution in [-0.2, 0) is 13.6 Å². The molecule has 2 aromatic heterocycles. The Morgan fingerprint density at radius 1 is 1.33 bits per heavy atom. The maximum Gasteiger partial charge on any atom is 0.0969 e. The summed E-state index contributed by atoms with van der Waals surface area (Å²) in [6, 6.07) is 3.92. The van der Waals surface area contributed by atoms with Gasteiger partial charge in [0.05, 0.1) is 5.69 Å². The highest BCUT2D eigenvalue weighted by molar-refractivity contribution is 5.61. The molecule has 0 fully saturated rings. The van der Waals surface area contributed by atoms with Gasteiger partial charge in [0.2, 0.25) is 0 Å². The van der Waals surface area contributed by atoms with E-state index in [9.17, 15) is 0 Å². The number of aliphatic hydroxyl groups is 1. The Hall–Kier alpha value is -1.72. The number of nitrogens with zero attached hydrogens (tertiary/aromatic N) is 3. The van der Waals surface area contributed by atoms with Crippen LogP contribution in [0.5, 0.6) is 0 Å². The smallest absolute Gasteiger partial charge is 0.0969 e. The van der Waals surface area contributed by atoms with Gasteiger partial charge in [0.25, 0.3) is 0 Å².